The summed E-state index contributed by atoms with van der Waals surface area (Å²) in [6.07, 6.45) is 0.347. The average Bonchev–Trinajstić information content (AvgIpc) is 2.48. The Morgan fingerprint density at radius 3 is 2.14 bits per heavy atom. The van der Waals surface area contributed by atoms with Gasteiger partial charge in [-0.05, 0) is 62.4 Å². The Morgan fingerprint density at radius 2 is 1.62 bits per heavy atom. The predicted octanol–water partition coefficient (Wildman–Crippen LogP) is 4.59. The molecule has 3 nitrogen and oxygen atoms in total. The maximum Gasteiger partial charge on any atom is 0.228 e. The van der Waals surface area contributed by atoms with Gasteiger partial charge in [-0.2, -0.15) is 0 Å². The molecular weight excluding hydrogens is 396 g/mol. The molecule has 5 heteroatoms. The normalized spacial score (nSPS) is 10.5. The third kappa shape index (κ3) is 3.47. The van der Waals surface area contributed by atoms with Gasteiger partial charge in [-0.25, -0.2) is 0 Å². The van der Waals surface area contributed by atoms with Crippen LogP contribution in [0.5, 0.6) is 0 Å². The van der Waals surface area contributed by atoms with E-state index in [9.17, 15) is 4.79 Å². The highest BCUT2D eigenvalue weighted by atomic mass is 79.9. The van der Waals surface area contributed by atoms with E-state index in [1.165, 1.54) is 0 Å². The molecule has 1 amide bonds. The Bertz CT molecular complexity index is 655. The SMILES string of the molecule is Cc1c(Br)c(N)c(Br)c(C)c1NC(=O)Cc1ccccc1. The Morgan fingerprint density at radius 1 is 1.10 bits per heavy atom. The Kier molecular flexibility index (Phi) is 5.06. The van der Waals surface area contributed by atoms with Crippen molar-refractivity contribution in [2.24, 2.45) is 0 Å². The molecule has 0 heterocycles. The van der Waals surface area contributed by atoms with Gasteiger partial charge in [0.2, 0.25) is 5.91 Å². The van der Waals surface area contributed by atoms with Crippen LogP contribution in [-0.2, 0) is 11.2 Å². The summed E-state index contributed by atoms with van der Waals surface area (Å²) >= 11 is 6.93. The lowest BCUT2D eigenvalue weighted by Crippen LogP contribution is -2.16. The van der Waals surface area contributed by atoms with E-state index in [4.69, 9.17) is 5.73 Å². The first kappa shape index (κ1) is 16.0. The van der Waals surface area contributed by atoms with Crippen molar-refractivity contribution in [3.05, 3.63) is 56.0 Å². The molecule has 21 heavy (non-hydrogen) atoms. The number of carbonyl (C=O) groups excluding carboxylic acids is 1. The molecule has 2 aromatic carbocycles. The summed E-state index contributed by atoms with van der Waals surface area (Å²) in [6.45, 7) is 3.86. The molecule has 0 unspecified atom stereocenters. The Balaban J connectivity index is 2.26. The van der Waals surface area contributed by atoms with Crippen LogP contribution in [0, 0.1) is 13.8 Å². The highest BCUT2D eigenvalue weighted by Gasteiger charge is 2.16. The number of carbonyl (C=O) groups is 1. The van der Waals surface area contributed by atoms with E-state index >= 15 is 0 Å². The van der Waals surface area contributed by atoms with Crippen molar-refractivity contribution >= 4 is 49.1 Å². The Hall–Kier alpha value is -1.33. The standard InChI is InChI=1S/C16H16Br2N2O/c1-9-13(17)15(19)14(18)10(2)16(9)20-12(21)8-11-6-4-3-5-7-11/h3-7H,8,19H2,1-2H3,(H,20,21). The van der Waals surface area contributed by atoms with Crippen molar-refractivity contribution in [3.63, 3.8) is 0 Å². The number of hydrogen-bond acceptors (Lipinski definition) is 2. The summed E-state index contributed by atoms with van der Waals surface area (Å²) in [7, 11) is 0. The number of benzene rings is 2. The molecule has 0 radical (unpaired) electrons. The lowest BCUT2D eigenvalue weighted by molar-refractivity contribution is -0.115. The summed E-state index contributed by atoms with van der Waals surface area (Å²) in [6, 6.07) is 9.66. The topological polar surface area (TPSA) is 55.1 Å². The lowest BCUT2D eigenvalue weighted by atomic mass is 10.1. The number of halogens is 2. The number of anilines is 2. The van der Waals surface area contributed by atoms with Crippen molar-refractivity contribution in [1.29, 1.82) is 0 Å². The molecule has 110 valence electrons. The first-order valence-electron chi connectivity index (χ1n) is 6.49. The van der Waals surface area contributed by atoms with E-state index in [-0.39, 0.29) is 5.91 Å². The van der Waals surface area contributed by atoms with Crippen LogP contribution < -0.4 is 11.1 Å². The zero-order valence-corrected chi connectivity index (χ0v) is 15.0. The van der Waals surface area contributed by atoms with Crippen LogP contribution in [0.25, 0.3) is 0 Å². The predicted molar refractivity (Wildman–Crippen MR) is 94.5 cm³/mol. The molecule has 0 aromatic heterocycles. The summed E-state index contributed by atoms with van der Waals surface area (Å²) in [5.41, 5.74) is 10.3. The number of nitrogen functional groups attached to an aromatic ring is 1. The second-order valence-corrected chi connectivity index (χ2v) is 6.46. The molecular formula is C16H16Br2N2O. The molecule has 0 atom stereocenters. The first-order valence-corrected chi connectivity index (χ1v) is 8.07. The molecule has 0 aliphatic heterocycles. The van der Waals surface area contributed by atoms with Gasteiger partial charge in [0, 0.05) is 14.6 Å². The van der Waals surface area contributed by atoms with Crippen LogP contribution in [0.15, 0.2) is 39.3 Å². The van der Waals surface area contributed by atoms with Gasteiger partial charge in [-0.3, -0.25) is 4.79 Å². The fraction of sp³-hybridized carbons (Fsp3) is 0.188. The van der Waals surface area contributed by atoms with Gasteiger partial charge < -0.3 is 11.1 Å². The molecule has 0 spiro atoms. The molecule has 3 N–H and O–H groups in total. The van der Waals surface area contributed by atoms with Crippen LogP contribution in [-0.4, -0.2) is 5.91 Å². The molecule has 0 aliphatic rings. The number of amides is 1. The second-order valence-electron chi connectivity index (χ2n) is 4.88. The van der Waals surface area contributed by atoms with E-state index < -0.39 is 0 Å². The maximum absolute atomic E-state index is 12.2. The minimum absolute atomic E-state index is 0.0454. The van der Waals surface area contributed by atoms with E-state index in [0.29, 0.717) is 12.1 Å². The van der Waals surface area contributed by atoms with E-state index in [0.717, 1.165) is 31.3 Å². The average molecular weight is 412 g/mol. The summed E-state index contributed by atoms with van der Waals surface area (Å²) < 4.78 is 1.60. The lowest BCUT2D eigenvalue weighted by Gasteiger charge is -2.17. The third-order valence-electron chi connectivity index (χ3n) is 3.35. The number of nitrogens with one attached hydrogen (secondary N) is 1. The maximum atomic E-state index is 12.2. The van der Waals surface area contributed by atoms with Crippen LogP contribution in [0.3, 0.4) is 0 Å². The van der Waals surface area contributed by atoms with Crippen LogP contribution in [0.4, 0.5) is 11.4 Å². The van der Waals surface area contributed by atoms with Crippen molar-refractivity contribution in [1.82, 2.24) is 0 Å². The monoisotopic (exact) mass is 410 g/mol. The smallest absolute Gasteiger partial charge is 0.228 e. The van der Waals surface area contributed by atoms with Gasteiger partial charge in [0.1, 0.15) is 0 Å². The van der Waals surface area contributed by atoms with Crippen molar-refractivity contribution in [2.75, 3.05) is 11.1 Å². The summed E-state index contributed by atoms with van der Waals surface area (Å²) in [5, 5.41) is 2.98. The number of nitrogens with two attached hydrogens (primary N) is 1. The van der Waals surface area contributed by atoms with Gasteiger partial charge in [0.25, 0.3) is 0 Å². The first-order chi connectivity index (χ1) is 9.91. The fourth-order valence-electron chi connectivity index (χ4n) is 2.15. The quantitative estimate of drug-likeness (QED) is 0.725. The minimum Gasteiger partial charge on any atom is -0.397 e. The van der Waals surface area contributed by atoms with Crippen molar-refractivity contribution in [3.8, 4) is 0 Å². The van der Waals surface area contributed by atoms with E-state index in [1.807, 2.05) is 44.2 Å². The highest BCUT2D eigenvalue weighted by molar-refractivity contribution is 9.11. The zero-order valence-electron chi connectivity index (χ0n) is 11.8. The molecule has 0 bridgehead atoms. The highest BCUT2D eigenvalue weighted by Crippen LogP contribution is 2.39. The van der Waals surface area contributed by atoms with Gasteiger partial charge >= 0.3 is 0 Å². The van der Waals surface area contributed by atoms with Crippen LogP contribution >= 0.6 is 31.9 Å². The second kappa shape index (κ2) is 6.62. The number of rotatable bonds is 3. The molecule has 0 aliphatic carbocycles. The van der Waals surface area contributed by atoms with Gasteiger partial charge in [0.15, 0.2) is 0 Å². The van der Waals surface area contributed by atoms with E-state index in [1.54, 1.807) is 0 Å². The van der Waals surface area contributed by atoms with Gasteiger partial charge in [-0.1, -0.05) is 30.3 Å². The number of hydrogen-bond donors (Lipinski definition) is 2. The minimum atomic E-state index is -0.0454. The summed E-state index contributed by atoms with van der Waals surface area (Å²) in [5.74, 6) is -0.0454. The van der Waals surface area contributed by atoms with Crippen LogP contribution in [0.2, 0.25) is 0 Å². The van der Waals surface area contributed by atoms with Crippen molar-refractivity contribution in [2.45, 2.75) is 20.3 Å². The fourth-order valence-corrected chi connectivity index (χ4v) is 3.21. The zero-order chi connectivity index (χ0) is 15.6. The van der Waals surface area contributed by atoms with Crippen LogP contribution in [0.1, 0.15) is 16.7 Å². The van der Waals surface area contributed by atoms with Crippen molar-refractivity contribution < 1.29 is 4.79 Å². The molecule has 0 saturated carbocycles. The third-order valence-corrected chi connectivity index (χ3v) is 5.40. The molecule has 2 rings (SSSR count). The van der Waals surface area contributed by atoms with Gasteiger partial charge in [-0.15, -0.1) is 0 Å². The van der Waals surface area contributed by atoms with Gasteiger partial charge in [0.05, 0.1) is 12.1 Å². The summed E-state index contributed by atoms with van der Waals surface area (Å²) in [4.78, 5) is 12.2. The largest absolute Gasteiger partial charge is 0.397 e. The van der Waals surface area contributed by atoms with E-state index in [2.05, 4.69) is 37.2 Å². The molecule has 0 saturated heterocycles. The molecule has 0 fully saturated rings. The Labute approximate surface area is 141 Å². The molecule has 2 aromatic rings.